The largest absolute Gasteiger partial charge is 0.492 e. The van der Waals surface area contributed by atoms with Crippen molar-refractivity contribution in [3.05, 3.63) is 46.8 Å². The molecule has 5 atom stereocenters. The quantitative estimate of drug-likeness (QED) is 0.405. The molecular formula is C23H22O11. The molecule has 0 spiro atoms. The molecule has 1 aromatic heterocycles. The van der Waals surface area contributed by atoms with E-state index in [1.165, 1.54) is 25.5 Å². The fourth-order valence-electron chi connectivity index (χ4n) is 4.01. The molecule has 0 bridgehead atoms. The summed E-state index contributed by atoms with van der Waals surface area (Å²) >= 11 is 0. The van der Waals surface area contributed by atoms with Crippen LogP contribution in [-0.4, -0.2) is 71.6 Å². The molecular weight excluding hydrogens is 452 g/mol. The first kappa shape index (κ1) is 22.4. The summed E-state index contributed by atoms with van der Waals surface area (Å²) in [6.07, 6.45) is -5.64. The van der Waals surface area contributed by atoms with Crippen molar-refractivity contribution in [2.24, 2.45) is 0 Å². The van der Waals surface area contributed by atoms with Gasteiger partial charge in [-0.2, -0.15) is 0 Å². The van der Waals surface area contributed by atoms with E-state index >= 15 is 0 Å². The van der Waals surface area contributed by atoms with E-state index < -0.39 is 37.3 Å². The third-order valence-electron chi connectivity index (χ3n) is 5.83. The van der Waals surface area contributed by atoms with Gasteiger partial charge in [-0.15, -0.1) is 0 Å². The molecule has 3 heterocycles. The minimum atomic E-state index is -1.55. The van der Waals surface area contributed by atoms with E-state index in [1.54, 1.807) is 18.2 Å². The lowest BCUT2D eigenvalue weighted by molar-refractivity contribution is -0.277. The minimum absolute atomic E-state index is 0.0129. The summed E-state index contributed by atoms with van der Waals surface area (Å²) in [7, 11) is 1.42. The number of methoxy groups -OCH3 is 1. The monoisotopic (exact) mass is 474 g/mol. The Labute approximate surface area is 192 Å². The summed E-state index contributed by atoms with van der Waals surface area (Å²) in [5.74, 6) is 1.25. The van der Waals surface area contributed by atoms with Crippen molar-refractivity contribution in [3.63, 3.8) is 0 Å². The number of fused-ring (bicyclic) bond motifs is 2. The maximum Gasteiger partial charge on any atom is 0.231 e. The van der Waals surface area contributed by atoms with Crippen LogP contribution in [0, 0.1) is 0 Å². The molecule has 4 N–H and O–H groups in total. The van der Waals surface area contributed by atoms with Gasteiger partial charge in [0.25, 0.3) is 0 Å². The van der Waals surface area contributed by atoms with Gasteiger partial charge in [0.15, 0.2) is 11.5 Å². The molecule has 11 nitrogen and oxygen atoms in total. The molecule has 0 amide bonds. The lowest BCUT2D eigenvalue weighted by Gasteiger charge is -2.39. The Morgan fingerprint density at radius 2 is 1.82 bits per heavy atom. The van der Waals surface area contributed by atoms with Crippen LogP contribution in [0.1, 0.15) is 0 Å². The summed E-state index contributed by atoms with van der Waals surface area (Å²) in [4.78, 5) is 13.3. The number of benzene rings is 2. The van der Waals surface area contributed by atoms with Crippen molar-refractivity contribution in [1.29, 1.82) is 0 Å². The molecule has 3 aromatic rings. The van der Waals surface area contributed by atoms with Crippen molar-refractivity contribution < 1.29 is 48.5 Å². The number of aliphatic hydroxyl groups is 4. The topological polar surface area (TPSA) is 157 Å². The Kier molecular flexibility index (Phi) is 5.80. The zero-order valence-corrected chi connectivity index (χ0v) is 17.9. The fourth-order valence-corrected chi connectivity index (χ4v) is 4.01. The van der Waals surface area contributed by atoms with E-state index in [2.05, 4.69) is 0 Å². The maximum absolute atomic E-state index is 13.3. The number of ether oxygens (including phenoxy) is 5. The second kappa shape index (κ2) is 8.78. The van der Waals surface area contributed by atoms with Crippen molar-refractivity contribution in [3.8, 4) is 34.1 Å². The molecule has 2 aromatic carbocycles. The average molecular weight is 474 g/mol. The van der Waals surface area contributed by atoms with Crippen molar-refractivity contribution in [2.75, 3.05) is 20.5 Å². The first-order valence-electron chi connectivity index (χ1n) is 10.4. The second-order valence-electron chi connectivity index (χ2n) is 7.83. The van der Waals surface area contributed by atoms with E-state index in [4.69, 9.17) is 28.1 Å². The normalized spacial score (nSPS) is 26.0. The lowest BCUT2D eigenvalue weighted by atomic mass is 9.99. The van der Waals surface area contributed by atoms with Gasteiger partial charge in [0.05, 0.1) is 19.3 Å². The first-order chi connectivity index (χ1) is 16.4. The maximum atomic E-state index is 13.3. The molecule has 2 aliphatic heterocycles. The Bertz CT molecular complexity index is 1250. The highest BCUT2D eigenvalue weighted by molar-refractivity contribution is 5.91. The highest BCUT2D eigenvalue weighted by Crippen LogP contribution is 2.45. The lowest BCUT2D eigenvalue weighted by Crippen LogP contribution is -2.60. The smallest absolute Gasteiger partial charge is 0.231 e. The van der Waals surface area contributed by atoms with Gasteiger partial charge in [0.1, 0.15) is 47.4 Å². The van der Waals surface area contributed by atoms with Crippen molar-refractivity contribution in [1.82, 2.24) is 0 Å². The average Bonchev–Trinajstić information content (AvgIpc) is 3.32. The molecule has 180 valence electrons. The van der Waals surface area contributed by atoms with Crippen LogP contribution in [0.5, 0.6) is 23.0 Å². The Morgan fingerprint density at radius 3 is 2.53 bits per heavy atom. The Morgan fingerprint density at radius 1 is 1.06 bits per heavy atom. The van der Waals surface area contributed by atoms with E-state index in [9.17, 15) is 25.2 Å². The van der Waals surface area contributed by atoms with Crippen LogP contribution in [0.3, 0.4) is 0 Å². The predicted octanol–water partition coefficient (Wildman–Crippen LogP) is 0.376. The van der Waals surface area contributed by atoms with Gasteiger partial charge in [0, 0.05) is 6.07 Å². The molecule has 1 saturated heterocycles. The van der Waals surface area contributed by atoms with Gasteiger partial charge < -0.3 is 48.5 Å². The van der Waals surface area contributed by atoms with Crippen molar-refractivity contribution in [2.45, 2.75) is 30.7 Å². The minimum Gasteiger partial charge on any atom is -0.492 e. The second-order valence-corrected chi connectivity index (χ2v) is 7.83. The summed E-state index contributed by atoms with van der Waals surface area (Å²) < 4.78 is 32.8. The third-order valence-corrected chi connectivity index (χ3v) is 5.83. The summed E-state index contributed by atoms with van der Waals surface area (Å²) in [5.41, 5.74) is 0.747. The number of hydrogen-bond acceptors (Lipinski definition) is 11. The van der Waals surface area contributed by atoms with Crippen LogP contribution in [0.15, 0.2) is 45.8 Å². The van der Waals surface area contributed by atoms with Gasteiger partial charge >= 0.3 is 0 Å². The van der Waals surface area contributed by atoms with E-state index in [-0.39, 0.29) is 40.3 Å². The molecule has 5 rings (SSSR count). The van der Waals surface area contributed by atoms with Gasteiger partial charge in [-0.25, -0.2) is 0 Å². The molecule has 0 radical (unpaired) electrons. The van der Waals surface area contributed by atoms with E-state index in [0.29, 0.717) is 17.1 Å². The number of aliphatic hydroxyl groups excluding tert-OH is 4. The van der Waals surface area contributed by atoms with Gasteiger partial charge in [0.2, 0.25) is 24.3 Å². The summed E-state index contributed by atoms with van der Waals surface area (Å²) in [6.45, 7) is -0.551. The molecule has 0 unspecified atom stereocenters. The first-order valence-corrected chi connectivity index (χ1v) is 10.4. The van der Waals surface area contributed by atoms with Crippen molar-refractivity contribution >= 4 is 11.0 Å². The number of rotatable bonds is 5. The zero-order chi connectivity index (χ0) is 24.0. The molecule has 2 aliphatic rings. The van der Waals surface area contributed by atoms with E-state index in [1.807, 2.05) is 0 Å². The molecule has 0 aliphatic carbocycles. The third kappa shape index (κ3) is 3.63. The molecule has 11 heteroatoms. The van der Waals surface area contributed by atoms with Gasteiger partial charge in [-0.3, -0.25) is 4.79 Å². The summed E-state index contributed by atoms with van der Waals surface area (Å²) in [6, 6.07) is 7.87. The van der Waals surface area contributed by atoms with Gasteiger partial charge in [-0.1, -0.05) is 12.1 Å². The predicted molar refractivity (Wildman–Crippen MR) is 115 cm³/mol. The van der Waals surface area contributed by atoms with Gasteiger partial charge in [-0.05, 0) is 17.7 Å². The van der Waals surface area contributed by atoms with Crippen LogP contribution < -0.4 is 24.4 Å². The van der Waals surface area contributed by atoms with Crippen LogP contribution in [0.2, 0.25) is 0 Å². The highest BCUT2D eigenvalue weighted by atomic mass is 16.7. The zero-order valence-electron chi connectivity index (χ0n) is 17.9. The molecule has 1 fully saturated rings. The SMILES string of the molecule is COc1c2c(cc3occ(-c4ccc(O[C@@H]5O[C@H](CO)[C@@H](O)[C@H](O)[C@@H]5O)cc4)c(=O)c13)OCO2. The Balaban J connectivity index is 1.44. The van der Waals surface area contributed by atoms with Crippen LogP contribution in [-0.2, 0) is 4.74 Å². The highest BCUT2D eigenvalue weighted by Gasteiger charge is 2.44. The molecule has 34 heavy (non-hydrogen) atoms. The van der Waals surface area contributed by atoms with E-state index in [0.717, 1.165) is 0 Å². The Hall–Kier alpha value is -3.35. The summed E-state index contributed by atoms with van der Waals surface area (Å²) in [5, 5.41) is 39.5. The standard InChI is InChI=1S/C23H22O11/c1-29-22-16-13(6-14-21(22)32-9-31-14)30-8-12(17(16)25)10-2-4-11(5-3-10)33-23-20(28)19(27)18(26)15(7-24)34-23/h2-6,8,15,18-20,23-24,26-28H,7,9H2,1H3/t15-,18-,19+,20+,23-/m1/s1. The fraction of sp³-hybridized carbons (Fsp3) is 0.348. The number of hydrogen-bond donors (Lipinski definition) is 4. The van der Waals surface area contributed by atoms with Crippen LogP contribution in [0.4, 0.5) is 0 Å². The van der Waals surface area contributed by atoms with Crippen LogP contribution >= 0.6 is 0 Å². The van der Waals surface area contributed by atoms with Crippen LogP contribution in [0.25, 0.3) is 22.1 Å². The molecule has 0 saturated carbocycles.